The first-order chi connectivity index (χ1) is 22.0. The number of carbonyl (C=O) groups excluding carboxylic acids is 1. The third-order valence-electron chi connectivity index (χ3n) is 8.81. The Balaban J connectivity index is 1.41. The first kappa shape index (κ1) is 32.5. The van der Waals surface area contributed by atoms with Crippen molar-refractivity contribution in [2.75, 3.05) is 18.6 Å². The minimum Gasteiger partial charge on any atom is -0.394 e. The minimum absolute atomic E-state index is 0.0366. The van der Waals surface area contributed by atoms with E-state index in [4.69, 9.17) is 9.47 Å². The predicted molar refractivity (Wildman–Crippen MR) is 162 cm³/mol. The molecule has 1 saturated carbocycles. The van der Waals surface area contributed by atoms with Crippen molar-refractivity contribution in [1.29, 1.82) is 0 Å². The molecular weight excluding hydrogens is 627 g/mol. The zero-order chi connectivity index (χ0) is 32.9. The maximum absolute atomic E-state index is 14.8. The van der Waals surface area contributed by atoms with E-state index in [1.54, 1.807) is 4.90 Å². The van der Waals surface area contributed by atoms with Crippen LogP contribution in [0.3, 0.4) is 0 Å². The van der Waals surface area contributed by atoms with Crippen LogP contribution in [0.15, 0.2) is 30.5 Å². The average Bonchev–Trinajstić information content (AvgIpc) is 3.66. The molecule has 11 nitrogen and oxygen atoms in total. The maximum Gasteiger partial charge on any atom is 0.259 e. The lowest BCUT2D eigenvalue weighted by Gasteiger charge is -2.46. The second-order valence-electron chi connectivity index (χ2n) is 11.8. The molecule has 46 heavy (non-hydrogen) atoms. The normalized spacial score (nSPS) is 26.8. The molecule has 3 heterocycles. The Kier molecular flexibility index (Phi) is 9.15. The minimum atomic E-state index is -1.63. The lowest BCUT2D eigenvalue weighted by Crippen LogP contribution is -2.63. The number of hydrogen-bond donors (Lipinski definition) is 3. The number of carbonyl (C=O) groups is 1. The summed E-state index contributed by atoms with van der Waals surface area (Å²) in [5.41, 5.74) is 1.97. The highest BCUT2D eigenvalue weighted by atomic mass is 32.1. The summed E-state index contributed by atoms with van der Waals surface area (Å²) in [6, 6.07) is 3.54. The van der Waals surface area contributed by atoms with Crippen molar-refractivity contribution >= 4 is 33.1 Å². The van der Waals surface area contributed by atoms with Gasteiger partial charge in [-0.05, 0) is 56.5 Å². The molecule has 7 atom stereocenters. The number of methoxy groups -OCH3 is 1. The number of halogens is 3. The van der Waals surface area contributed by atoms with Gasteiger partial charge in [0.15, 0.2) is 23.6 Å². The molecule has 2 aromatic heterocycles. The number of nitrogens with zero attached hydrogens (tertiary/aromatic N) is 5. The number of ether oxygens (including phenoxy) is 2. The van der Waals surface area contributed by atoms with Crippen LogP contribution in [0.5, 0.6) is 0 Å². The fraction of sp³-hybridized carbons (Fsp3) is 0.484. The molecular formula is C31H34F3N5O6S. The number of aliphatic hydroxyl groups excluding tert-OH is 3. The van der Waals surface area contributed by atoms with E-state index in [1.807, 2.05) is 26.0 Å². The van der Waals surface area contributed by atoms with Crippen molar-refractivity contribution in [3.05, 3.63) is 58.5 Å². The first-order valence-corrected chi connectivity index (χ1v) is 15.8. The molecule has 2 aromatic carbocycles. The van der Waals surface area contributed by atoms with E-state index >= 15 is 0 Å². The summed E-state index contributed by atoms with van der Waals surface area (Å²) in [7, 11) is 1.33. The summed E-state index contributed by atoms with van der Waals surface area (Å²) >= 11 is 1.48. The number of anilines is 1. The Morgan fingerprint density at radius 2 is 1.85 bits per heavy atom. The van der Waals surface area contributed by atoms with Crippen LogP contribution in [-0.4, -0.2) is 91.5 Å². The van der Waals surface area contributed by atoms with E-state index in [0.717, 1.165) is 45.8 Å². The van der Waals surface area contributed by atoms with Crippen molar-refractivity contribution in [3.63, 3.8) is 0 Å². The number of aromatic nitrogens is 4. The van der Waals surface area contributed by atoms with E-state index in [2.05, 4.69) is 15.3 Å². The second kappa shape index (κ2) is 13.0. The Morgan fingerprint density at radius 1 is 1.13 bits per heavy atom. The monoisotopic (exact) mass is 661 g/mol. The quantitative estimate of drug-likeness (QED) is 0.253. The summed E-state index contributed by atoms with van der Waals surface area (Å²) < 4.78 is 55.4. The number of amides is 1. The van der Waals surface area contributed by atoms with E-state index in [1.165, 1.54) is 29.3 Å². The first-order valence-electron chi connectivity index (χ1n) is 14.9. The van der Waals surface area contributed by atoms with Crippen LogP contribution in [0.2, 0.25) is 0 Å². The Morgan fingerprint density at radius 3 is 2.52 bits per heavy atom. The molecule has 1 amide bonds. The molecule has 1 saturated heterocycles. The second-order valence-corrected chi connectivity index (χ2v) is 13.0. The molecule has 0 bridgehead atoms. The van der Waals surface area contributed by atoms with Gasteiger partial charge in [0.05, 0.1) is 40.2 Å². The van der Waals surface area contributed by atoms with Gasteiger partial charge in [0.1, 0.15) is 30.0 Å². The van der Waals surface area contributed by atoms with Gasteiger partial charge in [-0.2, -0.15) is 0 Å². The number of rotatable bonds is 7. The highest BCUT2D eigenvalue weighted by Gasteiger charge is 2.52. The van der Waals surface area contributed by atoms with E-state index in [-0.39, 0.29) is 11.3 Å². The highest BCUT2D eigenvalue weighted by molar-refractivity contribution is 7.18. The van der Waals surface area contributed by atoms with Crippen molar-refractivity contribution in [1.82, 2.24) is 20.0 Å². The largest absolute Gasteiger partial charge is 0.394 e. The summed E-state index contributed by atoms with van der Waals surface area (Å²) in [5.74, 6) is -5.01. The van der Waals surface area contributed by atoms with Gasteiger partial charge in [-0.15, -0.1) is 16.4 Å². The SMILES string of the molecule is COC1C(C(=O)N(c2cc3sc(C)nc3cc2C)[C@H]2CCCC[C@@H]2O)OC(CO)C(O)C1n1cc(-c2cc(F)c(F)c(F)c2)nn1. The van der Waals surface area contributed by atoms with Crippen molar-refractivity contribution in [2.45, 2.75) is 82.1 Å². The molecule has 2 fully saturated rings. The number of aliphatic hydroxyl groups is 3. The summed E-state index contributed by atoms with van der Waals surface area (Å²) in [4.78, 5) is 20.9. The standard InChI is InChI=1S/C31H34F3N5O6S/c1-14-8-19-25(46-15(2)35-19)11-22(14)39(21-6-4-5-7-23(21)41)31(43)30-29(44-3)27(28(42)24(13-40)45-30)38-12-20(36-37-38)16-9-17(32)26(34)18(33)10-16/h8-12,21,23-24,27-30,40-42H,4-7,13H2,1-3H3/t21-,23-,24?,27?,28?,29?,30?/m0/s1. The molecule has 0 radical (unpaired) electrons. The van der Waals surface area contributed by atoms with Crippen LogP contribution in [0.25, 0.3) is 21.5 Å². The number of benzene rings is 2. The molecule has 0 spiro atoms. The number of fused-ring (bicyclic) bond motifs is 1. The molecule has 1 aliphatic carbocycles. The summed E-state index contributed by atoms with van der Waals surface area (Å²) in [5, 5.41) is 41.5. The van der Waals surface area contributed by atoms with Crippen LogP contribution in [0.1, 0.15) is 42.3 Å². The summed E-state index contributed by atoms with van der Waals surface area (Å²) in [6.07, 6.45) is -2.21. The van der Waals surface area contributed by atoms with Gasteiger partial charge < -0.3 is 29.7 Å². The van der Waals surface area contributed by atoms with Crippen molar-refractivity contribution in [2.24, 2.45) is 0 Å². The van der Waals surface area contributed by atoms with E-state index in [0.29, 0.717) is 18.5 Å². The highest BCUT2D eigenvalue weighted by Crippen LogP contribution is 2.39. The van der Waals surface area contributed by atoms with E-state index in [9.17, 15) is 33.3 Å². The van der Waals surface area contributed by atoms with Gasteiger partial charge in [-0.1, -0.05) is 18.1 Å². The predicted octanol–water partition coefficient (Wildman–Crippen LogP) is 3.60. The maximum atomic E-state index is 14.8. The van der Waals surface area contributed by atoms with E-state index < -0.39 is 72.6 Å². The molecule has 2 aliphatic rings. The zero-order valence-corrected chi connectivity index (χ0v) is 26.1. The van der Waals surface area contributed by atoms with Crippen LogP contribution < -0.4 is 4.90 Å². The molecule has 4 aromatic rings. The van der Waals surface area contributed by atoms with Crippen molar-refractivity contribution < 1.29 is 42.8 Å². The molecule has 6 rings (SSSR count). The fourth-order valence-electron chi connectivity index (χ4n) is 6.55. The van der Waals surface area contributed by atoms with Gasteiger partial charge in [-0.3, -0.25) is 4.79 Å². The average molecular weight is 662 g/mol. The lowest BCUT2D eigenvalue weighted by atomic mass is 9.88. The molecule has 15 heteroatoms. The van der Waals surface area contributed by atoms with Gasteiger partial charge in [0, 0.05) is 18.4 Å². The number of aryl methyl sites for hydroxylation is 2. The lowest BCUT2D eigenvalue weighted by molar-refractivity contribution is -0.211. The third-order valence-corrected chi connectivity index (χ3v) is 9.75. The Hall–Kier alpha value is -3.47. The topological polar surface area (TPSA) is 143 Å². The molecule has 3 N–H and O–H groups in total. The van der Waals surface area contributed by atoms with Gasteiger partial charge in [0.25, 0.3) is 5.91 Å². The van der Waals surface area contributed by atoms with Crippen LogP contribution in [0.4, 0.5) is 18.9 Å². The molecule has 1 aliphatic heterocycles. The fourth-order valence-corrected chi connectivity index (χ4v) is 7.39. The van der Waals surface area contributed by atoms with Crippen LogP contribution in [-0.2, 0) is 14.3 Å². The van der Waals surface area contributed by atoms with Gasteiger partial charge in [0.2, 0.25) is 0 Å². The smallest absolute Gasteiger partial charge is 0.259 e. The molecule has 246 valence electrons. The number of hydrogen-bond acceptors (Lipinski definition) is 10. The summed E-state index contributed by atoms with van der Waals surface area (Å²) in [6.45, 7) is 3.09. The third kappa shape index (κ3) is 5.80. The van der Waals surface area contributed by atoms with Crippen molar-refractivity contribution in [3.8, 4) is 11.3 Å². The van der Waals surface area contributed by atoms with Gasteiger partial charge in [-0.25, -0.2) is 22.8 Å². The zero-order valence-electron chi connectivity index (χ0n) is 25.3. The van der Waals surface area contributed by atoms with Crippen LogP contribution >= 0.6 is 11.3 Å². The van der Waals surface area contributed by atoms with Gasteiger partial charge >= 0.3 is 0 Å². The van der Waals surface area contributed by atoms with Crippen LogP contribution in [0, 0.1) is 31.3 Å². The Labute approximate surface area is 266 Å². The Bertz CT molecular complexity index is 1730. The number of thiazole rings is 1. The molecule has 5 unspecified atom stereocenters.